The van der Waals surface area contributed by atoms with Gasteiger partial charge in [0, 0.05) is 12.6 Å². The van der Waals surface area contributed by atoms with Crippen LogP contribution in [0.5, 0.6) is 0 Å². The number of nitrogens with zero attached hydrogens (tertiary/aromatic N) is 5. The summed E-state index contributed by atoms with van der Waals surface area (Å²) in [5.41, 5.74) is 9.54. The Hall–Kier alpha value is -2.06. The van der Waals surface area contributed by atoms with Crippen LogP contribution in [0.1, 0.15) is 24.4 Å². The van der Waals surface area contributed by atoms with E-state index >= 15 is 0 Å². The predicted octanol–water partition coefficient (Wildman–Crippen LogP) is 3.23. The highest BCUT2D eigenvalue weighted by atomic mass is 127. The van der Waals surface area contributed by atoms with Gasteiger partial charge >= 0.3 is 0 Å². The van der Waals surface area contributed by atoms with Crippen LogP contribution in [0.15, 0.2) is 53.3 Å². The number of anilines is 1. The van der Waals surface area contributed by atoms with E-state index in [1.165, 1.54) is 5.57 Å². The molecule has 3 aromatic rings. The summed E-state index contributed by atoms with van der Waals surface area (Å²) in [7, 11) is 0. The van der Waals surface area contributed by atoms with Crippen LogP contribution in [0, 0.1) is 0 Å². The Morgan fingerprint density at radius 1 is 1.30 bits per heavy atom. The lowest BCUT2D eigenvalue weighted by Gasteiger charge is -2.07. The smallest absolute Gasteiger partial charge is 0.274 e. The van der Waals surface area contributed by atoms with Gasteiger partial charge in [-0.2, -0.15) is 0 Å². The Morgan fingerprint density at radius 3 is 2.96 bits per heavy atom. The second kappa shape index (κ2) is 7.90. The standard InChI is InChI=1S/C18H18IN6OP/c19-27-25-15(10-24-8-4-7-13(20)18(24)26)23-16-14(21-11-22-17(16)25)9-12-5-2-1-3-6-12/h2,4-8,11,27H,1,3,9-10,20H2. The van der Waals surface area contributed by atoms with Crippen LogP contribution in [0.3, 0.4) is 0 Å². The Labute approximate surface area is 170 Å². The van der Waals surface area contributed by atoms with Gasteiger partial charge in [0.1, 0.15) is 17.7 Å². The first-order valence-corrected chi connectivity index (χ1v) is 12.6. The van der Waals surface area contributed by atoms with Crippen molar-refractivity contribution in [1.29, 1.82) is 0 Å². The number of aromatic nitrogens is 5. The van der Waals surface area contributed by atoms with E-state index in [0.29, 0.717) is 12.9 Å². The molecule has 0 bridgehead atoms. The highest BCUT2D eigenvalue weighted by molar-refractivity contribution is 14.2. The third-order valence-corrected chi connectivity index (χ3v) is 6.57. The zero-order valence-electron chi connectivity index (χ0n) is 14.5. The minimum atomic E-state index is -0.211. The average molecular weight is 492 g/mol. The normalized spacial score (nSPS) is 14.3. The molecule has 1 atom stereocenters. The van der Waals surface area contributed by atoms with Crippen LogP contribution in [0.25, 0.3) is 11.2 Å². The van der Waals surface area contributed by atoms with Crippen LogP contribution >= 0.6 is 28.4 Å². The Bertz CT molecular complexity index is 1120. The van der Waals surface area contributed by atoms with Gasteiger partial charge in [-0.25, -0.2) is 15.0 Å². The zero-order valence-corrected chi connectivity index (χ0v) is 17.6. The molecule has 0 amide bonds. The number of allylic oxidation sites excluding steroid dienone is 4. The lowest BCUT2D eigenvalue weighted by Crippen LogP contribution is -2.23. The average Bonchev–Trinajstić information content (AvgIpc) is 3.04. The van der Waals surface area contributed by atoms with Gasteiger partial charge < -0.3 is 10.3 Å². The molecule has 2 N–H and O–H groups in total. The second-order valence-corrected chi connectivity index (χ2v) is 8.34. The van der Waals surface area contributed by atoms with Gasteiger partial charge in [0.05, 0.1) is 24.3 Å². The van der Waals surface area contributed by atoms with Crippen molar-refractivity contribution in [2.24, 2.45) is 0 Å². The van der Waals surface area contributed by atoms with Gasteiger partial charge in [-0.15, -0.1) is 0 Å². The molecule has 9 heteroatoms. The van der Waals surface area contributed by atoms with Crippen molar-refractivity contribution in [2.75, 3.05) is 5.73 Å². The fraction of sp³-hybridized carbons (Fsp3) is 0.222. The van der Waals surface area contributed by atoms with Crippen molar-refractivity contribution in [3.05, 3.63) is 70.3 Å². The van der Waals surface area contributed by atoms with Crippen LogP contribution in [-0.4, -0.2) is 23.9 Å². The lowest BCUT2D eigenvalue weighted by molar-refractivity contribution is 0.721. The first-order chi connectivity index (χ1) is 13.2. The lowest BCUT2D eigenvalue weighted by atomic mass is 10.0. The summed E-state index contributed by atoms with van der Waals surface area (Å²) in [4.78, 5) is 26.0. The fourth-order valence-corrected chi connectivity index (χ4v) is 5.12. The molecule has 0 aromatic carbocycles. The number of nitrogen functional groups attached to an aromatic ring is 1. The Balaban J connectivity index is 1.76. The molecule has 0 fully saturated rings. The molecule has 1 aliphatic rings. The van der Waals surface area contributed by atoms with Crippen LogP contribution in [0.4, 0.5) is 5.69 Å². The third kappa shape index (κ3) is 3.68. The van der Waals surface area contributed by atoms with E-state index < -0.39 is 0 Å². The molecule has 1 aliphatic carbocycles. The second-order valence-electron chi connectivity index (χ2n) is 6.27. The summed E-state index contributed by atoms with van der Waals surface area (Å²) in [6.45, 7) is 0.346. The maximum Gasteiger partial charge on any atom is 0.274 e. The van der Waals surface area contributed by atoms with Crippen LogP contribution in [-0.2, 0) is 13.0 Å². The van der Waals surface area contributed by atoms with Crippen LogP contribution in [0.2, 0.25) is 0 Å². The summed E-state index contributed by atoms with van der Waals surface area (Å²) in [6, 6.07) is 3.38. The molecular weight excluding hydrogens is 474 g/mol. The maximum atomic E-state index is 12.3. The van der Waals surface area contributed by atoms with E-state index in [0.717, 1.165) is 41.9 Å². The molecule has 7 nitrogen and oxygen atoms in total. The summed E-state index contributed by atoms with van der Waals surface area (Å²) in [6.07, 6.45) is 13.2. The molecule has 0 saturated carbocycles. The molecule has 0 aliphatic heterocycles. The summed E-state index contributed by atoms with van der Waals surface area (Å²) < 4.78 is 3.62. The largest absolute Gasteiger partial charge is 0.394 e. The van der Waals surface area contributed by atoms with Gasteiger partial charge in [0.25, 0.3) is 5.56 Å². The summed E-state index contributed by atoms with van der Waals surface area (Å²) in [5.74, 6) is 0.778. The molecular formula is C18H18IN6OP. The topological polar surface area (TPSA) is 91.6 Å². The predicted molar refractivity (Wildman–Crippen MR) is 117 cm³/mol. The van der Waals surface area contributed by atoms with Crippen molar-refractivity contribution >= 4 is 45.3 Å². The number of nitrogens with two attached hydrogens (primary N) is 1. The molecule has 0 saturated heterocycles. The Morgan fingerprint density at radius 2 is 2.19 bits per heavy atom. The van der Waals surface area contributed by atoms with Crippen molar-refractivity contribution in [1.82, 2.24) is 23.9 Å². The molecule has 27 heavy (non-hydrogen) atoms. The van der Waals surface area contributed by atoms with E-state index in [2.05, 4.69) is 50.2 Å². The van der Waals surface area contributed by atoms with Crippen molar-refractivity contribution in [3.63, 3.8) is 0 Å². The zero-order chi connectivity index (χ0) is 18.8. The van der Waals surface area contributed by atoms with E-state index in [1.807, 2.05) is 4.34 Å². The number of rotatable bonds is 5. The molecule has 4 rings (SSSR count). The quantitative estimate of drug-likeness (QED) is 0.437. The minimum absolute atomic E-state index is 0.211. The number of hydrogen-bond acceptors (Lipinski definition) is 5. The monoisotopic (exact) mass is 492 g/mol. The van der Waals surface area contributed by atoms with Gasteiger partial charge in [-0.1, -0.05) is 18.2 Å². The Kier molecular flexibility index (Phi) is 5.36. The van der Waals surface area contributed by atoms with Crippen molar-refractivity contribution in [2.45, 2.75) is 25.8 Å². The summed E-state index contributed by atoms with van der Waals surface area (Å²) >= 11 is 2.30. The number of halogens is 1. The van der Waals surface area contributed by atoms with Crippen LogP contribution < -0.4 is 11.3 Å². The third-order valence-electron chi connectivity index (χ3n) is 4.48. The van der Waals surface area contributed by atoms with E-state index in [9.17, 15) is 4.79 Å². The molecule has 3 heterocycles. The maximum absolute atomic E-state index is 12.3. The highest BCUT2D eigenvalue weighted by Gasteiger charge is 2.17. The highest BCUT2D eigenvalue weighted by Crippen LogP contribution is 2.32. The van der Waals surface area contributed by atoms with Crippen molar-refractivity contribution < 1.29 is 0 Å². The number of imidazole rings is 1. The number of fused-ring (bicyclic) bond motifs is 1. The number of pyridine rings is 1. The first-order valence-electron chi connectivity index (χ1n) is 8.55. The van der Waals surface area contributed by atoms with Gasteiger partial charge in [0.15, 0.2) is 5.65 Å². The van der Waals surface area contributed by atoms with Crippen molar-refractivity contribution in [3.8, 4) is 0 Å². The SMILES string of the molecule is Nc1cccn(Cc2nc3c(CC4=CCCC=C4)ncnc3n2PI)c1=O. The fourth-order valence-electron chi connectivity index (χ4n) is 3.13. The van der Waals surface area contributed by atoms with E-state index in [4.69, 9.17) is 10.7 Å². The first kappa shape index (κ1) is 18.3. The van der Waals surface area contributed by atoms with E-state index in [-0.39, 0.29) is 11.2 Å². The minimum Gasteiger partial charge on any atom is -0.394 e. The summed E-state index contributed by atoms with van der Waals surface area (Å²) in [5, 5.41) is 0. The molecule has 1 unspecified atom stereocenters. The van der Waals surface area contributed by atoms with Gasteiger partial charge in [-0.3, -0.25) is 9.13 Å². The number of hydrogen-bond donors (Lipinski definition) is 1. The van der Waals surface area contributed by atoms with Gasteiger partial charge in [-0.05, 0) is 52.6 Å². The molecule has 138 valence electrons. The van der Waals surface area contributed by atoms with Gasteiger partial charge in [0.2, 0.25) is 0 Å². The molecule has 0 radical (unpaired) electrons. The van der Waals surface area contributed by atoms with E-state index in [1.54, 1.807) is 29.2 Å². The molecule has 0 spiro atoms. The molecule has 3 aromatic heterocycles.